The fourth-order valence-electron chi connectivity index (χ4n) is 3.24. The van der Waals surface area contributed by atoms with Crippen LogP contribution >= 0.6 is 23.4 Å². The number of rotatable bonds is 7. The van der Waals surface area contributed by atoms with Crippen molar-refractivity contribution < 1.29 is 9.72 Å². The number of nitrogens with one attached hydrogen (secondary N) is 1. The molecule has 0 aliphatic carbocycles. The molecular formula is C23H18ClN5O3S. The van der Waals surface area contributed by atoms with E-state index in [2.05, 4.69) is 15.5 Å². The first-order chi connectivity index (χ1) is 15.9. The van der Waals surface area contributed by atoms with Gasteiger partial charge in [-0.2, -0.15) is 0 Å². The molecule has 1 heterocycles. The predicted molar refractivity (Wildman–Crippen MR) is 129 cm³/mol. The van der Waals surface area contributed by atoms with E-state index in [1.165, 1.54) is 23.9 Å². The first-order valence-electron chi connectivity index (χ1n) is 9.87. The summed E-state index contributed by atoms with van der Waals surface area (Å²) in [6, 6.07) is 21.1. The molecule has 0 spiro atoms. The van der Waals surface area contributed by atoms with Crippen LogP contribution < -0.4 is 5.32 Å². The summed E-state index contributed by atoms with van der Waals surface area (Å²) < 4.78 is 1.84. The second kappa shape index (κ2) is 9.85. The van der Waals surface area contributed by atoms with Gasteiger partial charge in [-0.05, 0) is 37.3 Å². The van der Waals surface area contributed by atoms with Gasteiger partial charge >= 0.3 is 0 Å². The number of nitro groups is 1. The van der Waals surface area contributed by atoms with Crippen LogP contribution in [0.15, 0.2) is 78.0 Å². The number of carbonyl (C=O) groups excluding carboxylic acids is 1. The summed E-state index contributed by atoms with van der Waals surface area (Å²) in [6.45, 7) is 1.99. The van der Waals surface area contributed by atoms with E-state index in [4.69, 9.17) is 11.6 Å². The lowest BCUT2D eigenvalue weighted by atomic mass is 10.1. The Morgan fingerprint density at radius 3 is 2.64 bits per heavy atom. The molecule has 1 amide bonds. The van der Waals surface area contributed by atoms with Crippen molar-refractivity contribution in [2.24, 2.45) is 0 Å². The zero-order valence-electron chi connectivity index (χ0n) is 17.4. The molecule has 0 radical (unpaired) electrons. The third-order valence-corrected chi connectivity index (χ3v) is 5.85. The monoisotopic (exact) mass is 479 g/mol. The molecule has 0 aliphatic heterocycles. The van der Waals surface area contributed by atoms with Crippen LogP contribution in [0.3, 0.4) is 0 Å². The summed E-state index contributed by atoms with van der Waals surface area (Å²) in [5, 5.41) is 23.5. The Morgan fingerprint density at radius 2 is 1.88 bits per heavy atom. The molecule has 1 aromatic heterocycles. The quantitative estimate of drug-likeness (QED) is 0.212. The smallest absolute Gasteiger partial charge is 0.292 e. The van der Waals surface area contributed by atoms with Crippen molar-refractivity contribution in [3.63, 3.8) is 0 Å². The van der Waals surface area contributed by atoms with E-state index in [0.717, 1.165) is 16.8 Å². The van der Waals surface area contributed by atoms with Crippen LogP contribution in [0, 0.1) is 17.0 Å². The summed E-state index contributed by atoms with van der Waals surface area (Å²) in [4.78, 5) is 23.2. The van der Waals surface area contributed by atoms with Gasteiger partial charge in [0.15, 0.2) is 11.0 Å². The van der Waals surface area contributed by atoms with Crippen molar-refractivity contribution in [3.8, 4) is 17.1 Å². The lowest BCUT2D eigenvalue weighted by Crippen LogP contribution is -2.15. The number of hydrogen-bond acceptors (Lipinski definition) is 6. The molecule has 10 heteroatoms. The first-order valence-corrected chi connectivity index (χ1v) is 11.2. The molecule has 0 fully saturated rings. The normalized spacial score (nSPS) is 10.7. The van der Waals surface area contributed by atoms with Crippen LogP contribution in [-0.2, 0) is 4.79 Å². The molecule has 33 heavy (non-hydrogen) atoms. The van der Waals surface area contributed by atoms with Crippen LogP contribution in [0.1, 0.15) is 5.56 Å². The molecule has 0 bridgehead atoms. The maximum atomic E-state index is 12.6. The van der Waals surface area contributed by atoms with Gasteiger partial charge in [0.25, 0.3) is 5.69 Å². The third kappa shape index (κ3) is 5.21. The molecular weight excluding hydrogens is 462 g/mol. The Bertz CT molecular complexity index is 1340. The Morgan fingerprint density at radius 1 is 1.09 bits per heavy atom. The molecule has 4 rings (SSSR count). The van der Waals surface area contributed by atoms with E-state index in [-0.39, 0.29) is 17.1 Å². The van der Waals surface area contributed by atoms with Crippen LogP contribution in [0.2, 0.25) is 5.02 Å². The van der Waals surface area contributed by atoms with E-state index < -0.39 is 10.8 Å². The summed E-state index contributed by atoms with van der Waals surface area (Å²) in [7, 11) is 0. The van der Waals surface area contributed by atoms with Crippen molar-refractivity contribution >= 4 is 40.6 Å². The number of benzene rings is 3. The zero-order valence-corrected chi connectivity index (χ0v) is 19.0. The minimum atomic E-state index is -0.535. The number of hydrogen-bond donors (Lipinski definition) is 1. The van der Waals surface area contributed by atoms with Gasteiger partial charge in [-0.3, -0.25) is 19.5 Å². The Kier molecular flexibility index (Phi) is 6.71. The number of amides is 1. The topological polar surface area (TPSA) is 103 Å². The highest BCUT2D eigenvalue weighted by Crippen LogP contribution is 2.30. The van der Waals surface area contributed by atoms with Crippen molar-refractivity contribution in [2.75, 3.05) is 11.1 Å². The number of para-hydroxylation sites is 2. The fourth-order valence-corrected chi connectivity index (χ4v) is 4.17. The van der Waals surface area contributed by atoms with Gasteiger partial charge in [0.2, 0.25) is 5.91 Å². The van der Waals surface area contributed by atoms with Crippen LogP contribution in [0.25, 0.3) is 17.1 Å². The van der Waals surface area contributed by atoms with Gasteiger partial charge in [-0.15, -0.1) is 10.2 Å². The number of nitrogens with zero attached hydrogens (tertiary/aromatic N) is 4. The summed E-state index contributed by atoms with van der Waals surface area (Å²) >= 11 is 7.39. The number of nitro benzene ring substituents is 1. The number of halogens is 1. The molecule has 0 aliphatic rings. The van der Waals surface area contributed by atoms with Gasteiger partial charge in [0, 0.05) is 16.7 Å². The maximum absolute atomic E-state index is 12.6. The van der Waals surface area contributed by atoms with Crippen LogP contribution in [0.4, 0.5) is 11.4 Å². The van der Waals surface area contributed by atoms with E-state index in [9.17, 15) is 14.9 Å². The van der Waals surface area contributed by atoms with Gasteiger partial charge in [-0.25, -0.2) is 0 Å². The fraction of sp³-hybridized carbons (Fsp3) is 0.0870. The molecule has 0 saturated heterocycles. The van der Waals surface area contributed by atoms with E-state index >= 15 is 0 Å². The lowest BCUT2D eigenvalue weighted by Gasteiger charge is -2.11. The van der Waals surface area contributed by atoms with E-state index in [0.29, 0.717) is 16.0 Å². The third-order valence-electron chi connectivity index (χ3n) is 4.68. The van der Waals surface area contributed by atoms with E-state index in [1.807, 2.05) is 47.9 Å². The van der Waals surface area contributed by atoms with Crippen molar-refractivity contribution in [2.45, 2.75) is 12.1 Å². The number of anilines is 1. The summed E-state index contributed by atoms with van der Waals surface area (Å²) in [6.07, 6.45) is 0. The predicted octanol–water partition coefficient (Wildman–Crippen LogP) is 5.54. The Balaban J connectivity index is 1.62. The molecule has 0 unspecified atom stereocenters. The molecule has 8 nitrogen and oxygen atoms in total. The van der Waals surface area contributed by atoms with Gasteiger partial charge in [-0.1, -0.05) is 65.3 Å². The van der Waals surface area contributed by atoms with Gasteiger partial charge in [0.1, 0.15) is 5.69 Å². The number of carbonyl (C=O) groups is 1. The number of aryl methyl sites for hydroxylation is 1. The average molecular weight is 480 g/mol. The molecule has 166 valence electrons. The Hall–Kier alpha value is -3.69. The minimum Gasteiger partial charge on any atom is -0.320 e. The van der Waals surface area contributed by atoms with Crippen LogP contribution in [-0.4, -0.2) is 31.3 Å². The van der Waals surface area contributed by atoms with Crippen molar-refractivity contribution in [3.05, 3.63) is 93.5 Å². The standard InChI is InChI=1S/C23H18ClN5O3S/c1-15-6-4-7-16(12-15)22-26-27-23(28(22)18-9-5-8-17(24)13-18)33-14-21(30)25-19-10-2-3-11-20(19)29(31)32/h2-13H,14H2,1H3,(H,25,30). The minimum absolute atomic E-state index is 0.0153. The molecule has 3 aromatic carbocycles. The van der Waals surface area contributed by atoms with Gasteiger partial charge < -0.3 is 5.32 Å². The highest BCUT2D eigenvalue weighted by molar-refractivity contribution is 7.99. The van der Waals surface area contributed by atoms with Gasteiger partial charge in [0.05, 0.1) is 16.4 Å². The largest absolute Gasteiger partial charge is 0.320 e. The highest BCUT2D eigenvalue weighted by Gasteiger charge is 2.19. The summed E-state index contributed by atoms with van der Waals surface area (Å²) in [5.74, 6) is 0.202. The molecule has 0 atom stereocenters. The lowest BCUT2D eigenvalue weighted by molar-refractivity contribution is -0.383. The first kappa shape index (κ1) is 22.5. The highest BCUT2D eigenvalue weighted by atomic mass is 35.5. The SMILES string of the molecule is Cc1cccc(-c2nnc(SCC(=O)Nc3ccccc3[N+](=O)[O-])n2-c2cccc(Cl)c2)c1. The Labute approximate surface area is 198 Å². The molecule has 1 N–H and O–H groups in total. The van der Waals surface area contributed by atoms with Crippen molar-refractivity contribution in [1.29, 1.82) is 0 Å². The summed E-state index contributed by atoms with van der Waals surface area (Å²) in [5.41, 5.74) is 2.68. The number of aromatic nitrogens is 3. The molecule has 0 saturated carbocycles. The second-order valence-corrected chi connectivity index (χ2v) is 8.48. The zero-order chi connectivity index (χ0) is 23.4. The maximum Gasteiger partial charge on any atom is 0.292 e. The second-order valence-electron chi connectivity index (χ2n) is 7.10. The van der Waals surface area contributed by atoms with Crippen LogP contribution in [0.5, 0.6) is 0 Å². The number of thioether (sulfide) groups is 1. The average Bonchev–Trinajstić information content (AvgIpc) is 3.22. The van der Waals surface area contributed by atoms with E-state index in [1.54, 1.807) is 24.3 Å². The van der Waals surface area contributed by atoms with Crippen molar-refractivity contribution in [1.82, 2.24) is 14.8 Å². The molecule has 4 aromatic rings.